The maximum atomic E-state index is 12.4. The Hall–Kier alpha value is -2.51. The van der Waals surface area contributed by atoms with E-state index < -0.39 is 10.5 Å². The van der Waals surface area contributed by atoms with Gasteiger partial charge < -0.3 is 19.3 Å². The third-order valence-corrected chi connectivity index (χ3v) is 4.69. The van der Waals surface area contributed by atoms with Gasteiger partial charge in [-0.3, -0.25) is 10.1 Å². The summed E-state index contributed by atoms with van der Waals surface area (Å²) in [7, 11) is 0. The molecule has 1 amide bonds. The van der Waals surface area contributed by atoms with Crippen molar-refractivity contribution in [2.24, 2.45) is 0 Å². The fourth-order valence-corrected chi connectivity index (χ4v) is 3.71. The number of non-ortho nitro benzene ring substituents is 1. The second kappa shape index (κ2) is 6.90. The molecule has 0 saturated carbocycles. The summed E-state index contributed by atoms with van der Waals surface area (Å²) in [6.45, 7) is 10.6. The van der Waals surface area contributed by atoms with Crippen molar-refractivity contribution in [2.45, 2.75) is 64.8 Å². The summed E-state index contributed by atoms with van der Waals surface area (Å²) in [5, 5.41) is 11.1. The van der Waals surface area contributed by atoms with Gasteiger partial charge in [-0.1, -0.05) is 0 Å². The van der Waals surface area contributed by atoms with Gasteiger partial charge in [-0.15, -0.1) is 0 Å². The van der Waals surface area contributed by atoms with Crippen LogP contribution in [-0.2, 0) is 4.74 Å². The topological polar surface area (TPSA) is 85.2 Å². The van der Waals surface area contributed by atoms with Crippen LogP contribution in [0.2, 0.25) is 0 Å². The fourth-order valence-electron chi connectivity index (χ4n) is 3.71. The molecule has 0 spiro atoms. The molecule has 8 heteroatoms. The standard InChI is InChI=1S/C19H27N3O5/c1-12(2)26-17-9-13(22(24)25)6-7-16(17)20-10-15-8-14(20)11-21(15)18(23)27-19(3,4)5/h6-7,9,12,14-15H,8,10-11H2,1-5H3. The molecule has 148 valence electrons. The van der Waals surface area contributed by atoms with E-state index in [4.69, 9.17) is 9.47 Å². The highest BCUT2D eigenvalue weighted by Crippen LogP contribution is 2.41. The van der Waals surface area contributed by atoms with Gasteiger partial charge in [0.25, 0.3) is 5.69 Å². The molecule has 0 radical (unpaired) electrons. The van der Waals surface area contributed by atoms with E-state index >= 15 is 0 Å². The Balaban J connectivity index is 1.78. The number of nitro groups is 1. The average molecular weight is 377 g/mol. The Bertz CT molecular complexity index is 743. The van der Waals surface area contributed by atoms with Gasteiger partial charge in [-0.05, 0) is 47.1 Å². The van der Waals surface area contributed by atoms with Gasteiger partial charge in [-0.25, -0.2) is 4.79 Å². The summed E-state index contributed by atoms with van der Waals surface area (Å²) in [5.74, 6) is 0.510. The number of nitro benzene ring substituents is 1. The third kappa shape index (κ3) is 4.09. The molecule has 1 aromatic carbocycles. The quantitative estimate of drug-likeness (QED) is 0.589. The molecule has 2 aliphatic heterocycles. The first-order valence-electron chi connectivity index (χ1n) is 9.26. The third-order valence-electron chi connectivity index (χ3n) is 4.69. The van der Waals surface area contributed by atoms with Crippen LogP contribution < -0.4 is 9.64 Å². The Labute approximate surface area is 159 Å². The van der Waals surface area contributed by atoms with E-state index in [1.807, 2.05) is 34.6 Å². The van der Waals surface area contributed by atoms with Crippen molar-refractivity contribution in [3.05, 3.63) is 28.3 Å². The zero-order chi connectivity index (χ0) is 19.9. The first kappa shape index (κ1) is 19.3. The predicted molar refractivity (Wildman–Crippen MR) is 101 cm³/mol. The highest BCUT2D eigenvalue weighted by atomic mass is 16.6. The molecule has 8 nitrogen and oxygen atoms in total. The maximum absolute atomic E-state index is 12.4. The monoisotopic (exact) mass is 377 g/mol. The van der Waals surface area contributed by atoms with Gasteiger partial charge in [-0.2, -0.15) is 0 Å². The Morgan fingerprint density at radius 2 is 1.96 bits per heavy atom. The summed E-state index contributed by atoms with van der Waals surface area (Å²) in [5.41, 5.74) is 0.328. The number of carbonyl (C=O) groups excluding carboxylic acids is 1. The van der Waals surface area contributed by atoms with Crippen LogP contribution in [0.3, 0.4) is 0 Å². The Morgan fingerprint density at radius 3 is 2.48 bits per heavy atom. The van der Waals surface area contributed by atoms with Gasteiger partial charge in [0.2, 0.25) is 0 Å². The van der Waals surface area contributed by atoms with Gasteiger partial charge in [0, 0.05) is 25.2 Å². The minimum Gasteiger partial charge on any atom is -0.489 e. The molecule has 2 atom stereocenters. The van der Waals surface area contributed by atoms with E-state index in [-0.39, 0.29) is 30.0 Å². The van der Waals surface area contributed by atoms with Crippen LogP contribution in [0.15, 0.2) is 18.2 Å². The average Bonchev–Trinajstić information content (AvgIpc) is 3.12. The van der Waals surface area contributed by atoms with Crippen molar-refractivity contribution in [3.8, 4) is 5.75 Å². The molecule has 0 aliphatic carbocycles. The number of hydrogen-bond acceptors (Lipinski definition) is 6. The summed E-state index contributed by atoms with van der Waals surface area (Å²) in [6.07, 6.45) is 0.484. The van der Waals surface area contributed by atoms with Gasteiger partial charge in [0.15, 0.2) is 0 Å². The molecule has 2 bridgehead atoms. The number of rotatable bonds is 4. The first-order valence-corrected chi connectivity index (χ1v) is 9.26. The molecule has 0 aromatic heterocycles. The maximum Gasteiger partial charge on any atom is 0.410 e. The number of likely N-dealkylation sites (tertiary alicyclic amines) is 1. The van der Waals surface area contributed by atoms with Crippen LogP contribution in [0.5, 0.6) is 5.75 Å². The zero-order valence-corrected chi connectivity index (χ0v) is 16.5. The SMILES string of the molecule is CC(C)Oc1cc([N+](=O)[O-])ccc1N1CC2CC1CN2C(=O)OC(C)(C)C. The molecule has 2 aliphatic rings. The van der Waals surface area contributed by atoms with Crippen molar-refractivity contribution >= 4 is 17.5 Å². The highest BCUT2D eigenvalue weighted by molar-refractivity contribution is 5.71. The van der Waals surface area contributed by atoms with Crippen molar-refractivity contribution < 1.29 is 19.2 Å². The van der Waals surface area contributed by atoms with Crippen molar-refractivity contribution in [1.82, 2.24) is 4.90 Å². The minimum absolute atomic E-state index is 0.00846. The van der Waals surface area contributed by atoms with Gasteiger partial charge >= 0.3 is 6.09 Å². The molecule has 2 saturated heterocycles. The fraction of sp³-hybridized carbons (Fsp3) is 0.632. The van der Waals surface area contributed by atoms with Crippen LogP contribution in [0.25, 0.3) is 0 Å². The molecule has 2 heterocycles. The van der Waals surface area contributed by atoms with Crippen molar-refractivity contribution in [3.63, 3.8) is 0 Å². The van der Waals surface area contributed by atoms with E-state index in [0.717, 1.165) is 12.1 Å². The lowest BCUT2D eigenvalue weighted by Gasteiger charge is -2.37. The molecule has 3 rings (SSSR count). The van der Waals surface area contributed by atoms with E-state index in [0.29, 0.717) is 18.8 Å². The number of nitrogens with zero attached hydrogens (tertiary/aromatic N) is 3. The molecule has 1 aromatic rings. The van der Waals surface area contributed by atoms with Crippen LogP contribution in [0, 0.1) is 10.1 Å². The highest BCUT2D eigenvalue weighted by Gasteiger charge is 2.47. The number of piperazine rings is 1. The summed E-state index contributed by atoms with van der Waals surface area (Å²) >= 11 is 0. The number of carbonyl (C=O) groups is 1. The van der Waals surface area contributed by atoms with Crippen LogP contribution in [-0.4, -0.2) is 52.8 Å². The van der Waals surface area contributed by atoms with E-state index in [2.05, 4.69) is 4.90 Å². The Kier molecular flexibility index (Phi) is 4.92. The van der Waals surface area contributed by atoms with Crippen LogP contribution in [0.4, 0.5) is 16.2 Å². The lowest BCUT2D eigenvalue weighted by Crippen LogP contribution is -2.50. The number of amides is 1. The number of hydrogen-bond donors (Lipinski definition) is 0. The second-order valence-electron chi connectivity index (χ2n) is 8.40. The van der Waals surface area contributed by atoms with Gasteiger partial charge in [0.1, 0.15) is 11.4 Å². The van der Waals surface area contributed by atoms with Crippen molar-refractivity contribution in [1.29, 1.82) is 0 Å². The number of benzene rings is 1. The first-order chi connectivity index (χ1) is 12.5. The summed E-state index contributed by atoms with van der Waals surface area (Å²) in [6, 6.07) is 4.95. The number of ether oxygens (including phenoxy) is 2. The summed E-state index contributed by atoms with van der Waals surface area (Å²) < 4.78 is 11.3. The van der Waals surface area contributed by atoms with Crippen molar-refractivity contribution in [2.75, 3.05) is 18.0 Å². The second-order valence-corrected chi connectivity index (χ2v) is 8.40. The molecule has 27 heavy (non-hydrogen) atoms. The smallest absolute Gasteiger partial charge is 0.410 e. The lowest BCUT2D eigenvalue weighted by molar-refractivity contribution is -0.384. The predicted octanol–water partition coefficient (Wildman–Crippen LogP) is 3.58. The van der Waals surface area contributed by atoms with E-state index in [1.165, 1.54) is 12.1 Å². The largest absolute Gasteiger partial charge is 0.489 e. The molecular formula is C19H27N3O5. The minimum atomic E-state index is -0.519. The molecule has 2 fully saturated rings. The molecule has 2 unspecified atom stereocenters. The van der Waals surface area contributed by atoms with E-state index in [1.54, 1.807) is 11.0 Å². The number of anilines is 1. The van der Waals surface area contributed by atoms with Crippen LogP contribution >= 0.6 is 0 Å². The number of fused-ring (bicyclic) bond motifs is 2. The normalized spacial score (nSPS) is 21.7. The molecule has 0 N–H and O–H groups in total. The van der Waals surface area contributed by atoms with Crippen LogP contribution in [0.1, 0.15) is 41.0 Å². The molecular weight excluding hydrogens is 350 g/mol. The van der Waals surface area contributed by atoms with Gasteiger partial charge in [0.05, 0.1) is 28.8 Å². The van der Waals surface area contributed by atoms with E-state index in [9.17, 15) is 14.9 Å². The zero-order valence-electron chi connectivity index (χ0n) is 16.5. The summed E-state index contributed by atoms with van der Waals surface area (Å²) in [4.78, 5) is 27.1. The Morgan fingerprint density at radius 1 is 1.26 bits per heavy atom. The lowest BCUT2D eigenvalue weighted by atomic mass is 10.2.